The molecule has 0 bridgehead atoms. The van der Waals surface area contributed by atoms with Crippen LogP contribution in [0.3, 0.4) is 0 Å². The van der Waals surface area contributed by atoms with Crippen LogP contribution in [-0.4, -0.2) is 54.5 Å². The summed E-state index contributed by atoms with van der Waals surface area (Å²) in [6.45, 7) is 9.72. The Balaban J connectivity index is 1.86. The number of hydrogen-bond acceptors (Lipinski definition) is 2. The average Bonchev–Trinajstić information content (AvgIpc) is 2.86. The van der Waals surface area contributed by atoms with Crippen LogP contribution in [0.25, 0.3) is 0 Å². The van der Waals surface area contributed by atoms with E-state index in [-0.39, 0.29) is 11.9 Å². The Morgan fingerprint density at radius 1 is 1.04 bits per heavy atom. The molecule has 0 atom stereocenters. The minimum absolute atomic E-state index is 0.0135. The lowest BCUT2D eigenvalue weighted by Gasteiger charge is -2.22. The summed E-state index contributed by atoms with van der Waals surface area (Å²) in [7, 11) is 0. The van der Waals surface area contributed by atoms with Crippen molar-refractivity contribution in [2.24, 2.45) is 0 Å². The van der Waals surface area contributed by atoms with E-state index in [1.165, 1.54) is 5.56 Å². The third-order valence-electron chi connectivity index (χ3n) is 4.66. The first-order valence-corrected chi connectivity index (χ1v) is 9.40. The molecule has 1 fully saturated rings. The van der Waals surface area contributed by atoms with Gasteiger partial charge in [0.2, 0.25) is 5.91 Å². The van der Waals surface area contributed by atoms with Crippen molar-refractivity contribution in [2.75, 3.05) is 32.7 Å². The van der Waals surface area contributed by atoms with Crippen LogP contribution in [0.4, 0.5) is 4.79 Å². The van der Waals surface area contributed by atoms with Crippen LogP contribution < -0.4 is 5.32 Å². The van der Waals surface area contributed by atoms with Crippen molar-refractivity contribution in [3.05, 3.63) is 35.4 Å². The molecule has 1 aromatic carbocycles. The van der Waals surface area contributed by atoms with Crippen molar-refractivity contribution in [1.82, 2.24) is 15.1 Å². The fourth-order valence-corrected chi connectivity index (χ4v) is 3.02. The van der Waals surface area contributed by atoms with E-state index in [1.807, 2.05) is 16.7 Å². The summed E-state index contributed by atoms with van der Waals surface area (Å²) in [6.07, 6.45) is 2.19. The van der Waals surface area contributed by atoms with Gasteiger partial charge in [0.15, 0.2) is 0 Å². The molecule has 2 rings (SSSR count). The molecule has 0 spiro atoms. The van der Waals surface area contributed by atoms with Gasteiger partial charge in [-0.3, -0.25) is 4.79 Å². The highest BCUT2D eigenvalue weighted by atomic mass is 16.2. The van der Waals surface area contributed by atoms with Crippen LogP contribution in [0.2, 0.25) is 0 Å². The highest BCUT2D eigenvalue weighted by Gasteiger charge is 2.21. The van der Waals surface area contributed by atoms with E-state index in [4.69, 9.17) is 0 Å². The molecule has 5 nitrogen and oxygen atoms in total. The van der Waals surface area contributed by atoms with E-state index >= 15 is 0 Å². The van der Waals surface area contributed by atoms with Crippen molar-refractivity contribution >= 4 is 11.9 Å². The van der Waals surface area contributed by atoms with Gasteiger partial charge in [0, 0.05) is 32.7 Å². The summed E-state index contributed by atoms with van der Waals surface area (Å²) in [5.41, 5.74) is 2.34. The number of hydrogen-bond donors (Lipinski definition) is 1. The summed E-state index contributed by atoms with van der Waals surface area (Å²) < 4.78 is 0. The number of urea groups is 1. The summed E-state index contributed by atoms with van der Waals surface area (Å²) in [5.74, 6) is 0.647. The van der Waals surface area contributed by atoms with Crippen molar-refractivity contribution < 1.29 is 9.59 Å². The molecule has 3 amide bonds. The number of nitrogens with zero attached hydrogens (tertiary/aromatic N) is 2. The van der Waals surface area contributed by atoms with Crippen molar-refractivity contribution in [1.29, 1.82) is 0 Å². The SMILES string of the molecule is CCCNC(=O)N1CCCN(C(=O)Cc2ccc(C(C)C)cc2)CC1. The predicted octanol–water partition coefficient (Wildman–Crippen LogP) is 3.01. The Morgan fingerprint density at radius 3 is 2.32 bits per heavy atom. The minimum atomic E-state index is -0.0135. The van der Waals surface area contributed by atoms with Gasteiger partial charge in [-0.05, 0) is 29.9 Å². The molecule has 1 aliphatic heterocycles. The fraction of sp³-hybridized carbons (Fsp3) is 0.600. The van der Waals surface area contributed by atoms with Gasteiger partial charge < -0.3 is 15.1 Å². The first-order valence-electron chi connectivity index (χ1n) is 9.40. The maximum atomic E-state index is 12.6. The number of carbonyl (C=O) groups excluding carboxylic acids is 2. The predicted molar refractivity (Wildman–Crippen MR) is 101 cm³/mol. The van der Waals surface area contributed by atoms with Gasteiger partial charge in [0.05, 0.1) is 6.42 Å². The maximum absolute atomic E-state index is 12.6. The maximum Gasteiger partial charge on any atom is 0.317 e. The second-order valence-electron chi connectivity index (χ2n) is 7.03. The van der Waals surface area contributed by atoms with Gasteiger partial charge in [0.1, 0.15) is 0 Å². The highest BCUT2D eigenvalue weighted by molar-refractivity contribution is 5.79. The van der Waals surface area contributed by atoms with Crippen LogP contribution in [0.5, 0.6) is 0 Å². The monoisotopic (exact) mass is 345 g/mol. The van der Waals surface area contributed by atoms with Gasteiger partial charge >= 0.3 is 6.03 Å². The minimum Gasteiger partial charge on any atom is -0.341 e. The topological polar surface area (TPSA) is 52.7 Å². The molecule has 138 valence electrons. The molecule has 1 heterocycles. The standard InChI is InChI=1S/C20H31N3O2/c1-4-10-21-20(25)23-12-5-11-22(13-14-23)19(24)15-17-6-8-18(9-7-17)16(2)3/h6-9,16H,4-5,10-15H2,1-3H3,(H,21,25). The normalized spacial score (nSPS) is 15.2. The van der Waals surface area contributed by atoms with Crippen molar-refractivity contribution in [2.45, 2.75) is 46.0 Å². The molecule has 0 radical (unpaired) electrons. The zero-order valence-corrected chi connectivity index (χ0v) is 15.8. The Hall–Kier alpha value is -2.04. The van der Waals surface area contributed by atoms with Gasteiger partial charge in [0.25, 0.3) is 0 Å². The number of rotatable bonds is 5. The molecule has 0 aliphatic carbocycles. The van der Waals surface area contributed by atoms with Gasteiger partial charge in [-0.1, -0.05) is 45.0 Å². The number of amides is 3. The van der Waals surface area contributed by atoms with E-state index in [2.05, 4.69) is 43.4 Å². The summed E-state index contributed by atoms with van der Waals surface area (Å²) >= 11 is 0. The van der Waals surface area contributed by atoms with E-state index in [0.717, 1.165) is 24.9 Å². The highest BCUT2D eigenvalue weighted by Crippen LogP contribution is 2.15. The largest absolute Gasteiger partial charge is 0.341 e. The van der Waals surface area contributed by atoms with Crippen molar-refractivity contribution in [3.8, 4) is 0 Å². The summed E-state index contributed by atoms with van der Waals surface area (Å²) in [4.78, 5) is 28.4. The molecule has 1 N–H and O–H groups in total. The molecule has 1 aliphatic rings. The Morgan fingerprint density at radius 2 is 1.68 bits per heavy atom. The molecule has 0 unspecified atom stereocenters. The average molecular weight is 345 g/mol. The van der Waals surface area contributed by atoms with Crippen LogP contribution in [0, 0.1) is 0 Å². The Kier molecular flexibility index (Phi) is 7.29. The molecule has 0 aromatic heterocycles. The molecule has 1 saturated heterocycles. The van der Waals surface area contributed by atoms with Gasteiger partial charge in [-0.2, -0.15) is 0 Å². The molecular weight excluding hydrogens is 314 g/mol. The first kappa shape index (κ1) is 19.3. The number of carbonyl (C=O) groups is 2. The van der Waals surface area contributed by atoms with Crippen LogP contribution in [0.1, 0.15) is 50.7 Å². The van der Waals surface area contributed by atoms with E-state index in [0.29, 0.717) is 38.5 Å². The smallest absolute Gasteiger partial charge is 0.317 e. The lowest BCUT2D eigenvalue weighted by Crippen LogP contribution is -2.43. The molecule has 0 saturated carbocycles. The zero-order valence-electron chi connectivity index (χ0n) is 15.8. The molecule has 5 heteroatoms. The Bertz CT molecular complexity index is 569. The molecule has 25 heavy (non-hydrogen) atoms. The lowest BCUT2D eigenvalue weighted by molar-refractivity contribution is -0.130. The van der Waals surface area contributed by atoms with Gasteiger partial charge in [-0.25, -0.2) is 4.79 Å². The van der Waals surface area contributed by atoms with Crippen molar-refractivity contribution in [3.63, 3.8) is 0 Å². The molecular formula is C20H31N3O2. The van der Waals surface area contributed by atoms with Gasteiger partial charge in [-0.15, -0.1) is 0 Å². The van der Waals surface area contributed by atoms with Crippen LogP contribution in [-0.2, 0) is 11.2 Å². The first-order chi connectivity index (χ1) is 12.0. The second kappa shape index (κ2) is 9.44. The summed E-state index contributed by atoms with van der Waals surface area (Å²) in [5, 5.41) is 2.91. The number of nitrogens with one attached hydrogen (secondary N) is 1. The quantitative estimate of drug-likeness (QED) is 0.892. The van der Waals surface area contributed by atoms with E-state index in [9.17, 15) is 9.59 Å². The summed E-state index contributed by atoms with van der Waals surface area (Å²) in [6, 6.07) is 8.30. The lowest BCUT2D eigenvalue weighted by atomic mass is 10.0. The zero-order chi connectivity index (χ0) is 18.2. The van der Waals surface area contributed by atoms with Crippen LogP contribution >= 0.6 is 0 Å². The third-order valence-corrected chi connectivity index (χ3v) is 4.66. The third kappa shape index (κ3) is 5.76. The Labute approximate surface area is 151 Å². The molecule has 1 aromatic rings. The van der Waals surface area contributed by atoms with E-state index in [1.54, 1.807) is 0 Å². The van der Waals surface area contributed by atoms with E-state index < -0.39 is 0 Å². The fourth-order valence-electron chi connectivity index (χ4n) is 3.02. The van der Waals surface area contributed by atoms with Crippen LogP contribution in [0.15, 0.2) is 24.3 Å². The second-order valence-corrected chi connectivity index (χ2v) is 7.03. The number of benzene rings is 1.